The van der Waals surface area contributed by atoms with Crippen LogP contribution >= 0.6 is 0 Å². The Kier molecular flexibility index (Phi) is 7.92. The second-order valence-corrected chi connectivity index (χ2v) is 10.00. The fraction of sp³-hybridized carbons (Fsp3) is 0.458. The number of carbonyl (C=O) groups is 1. The maximum atomic E-state index is 13.0. The van der Waals surface area contributed by atoms with Crippen LogP contribution in [0.2, 0.25) is 0 Å². The molecule has 1 saturated heterocycles. The van der Waals surface area contributed by atoms with Crippen molar-refractivity contribution in [2.24, 2.45) is 0 Å². The van der Waals surface area contributed by atoms with Gasteiger partial charge in [-0.2, -0.15) is 4.31 Å². The molecule has 0 aliphatic carbocycles. The van der Waals surface area contributed by atoms with Gasteiger partial charge in [-0.15, -0.1) is 0 Å². The van der Waals surface area contributed by atoms with E-state index in [1.165, 1.54) is 9.99 Å². The Morgan fingerprint density at radius 1 is 1.03 bits per heavy atom. The van der Waals surface area contributed by atoms with Crippen LogP contribution in [-0.4, -0.2) is 68.8 Å². The monoisotopic (exact) mass is 458 g/mol. The van der Waals surface area contributed by atoms with Crippen LogP contribution < -0.4 is 10.2 Å². The van der Waals surface area contributed by atoms with Crippen LogP contribution in [0.5, 0.6) is 0 Å². The average Bonchev–Trinajstić information content (AvgIpc) is 2.81. The van der Waals surface area contributed by atoms with E-state index in [1.54, 1.807) is 25.1 Å². The number of carbonyl (C=O) groups excluding carboxylic acids is 1. The highest BCUT2D eigenvalue weighted by Crippen LogP contribution is 2.24. The number of benzene rings is 2. The van der Waals surface area contributed by atoms with Gasteiger partial charge in [0.15, 0.2) is 0 Å². The first-order valence-corrected chi connectivity index (χ1v) is 12.7. The third-order valence-corrected chi connectivity index (χ3v) is 8.33. The first-order chi connectivity index (χ1) is 15.3. The number of hydrogen-bond donors (Lipinski definition) is 1. The number of rotatable bonds is 8. The van der Waals surface area contributed by atoms with E-state index >= 15 is 0 Å². The smallest absolute Gasteiger partial charge is 0.243 e. The molecule has 32 heavy (non-hydrogen) atoms. The normalized spacial score (nSPS) is 16.2. The summed E-state index contributed by atoms with van der Waals surface area (Å²) < 4.78 is 27.4. The Labute approximate surface area is 192 Å². The van der Waals surface area contributed by atoms with Gasteiger partial charge in [-0.3, -0.25) is 9.69 Å². The van der Waals surface area contributed by atoms with E-state index in [1.807, 2.05) is 39.0 Å². The molecule has 8 heteroatoms. The molecule has 1 amide bonds. The SMILES string of the molecule is CCN(CC)S(=O)(=O)c1cc(NC(=O)C(C)N2CCN(c3ccccc3)CC2)ccc1C. The van der Waals surface area contributed by atoms with Crippen LogP contribution in [0.1, 0.15) is 26.3 Å². The van der Waals surface area contributed by atoms with Gasteiger partial charge in [0.05, 0.1) is 10.9 Å². The largest absolute Gasteiger partial charge is 0.369 e. The first-order valence-electron chi connectivity index (χ1n) is 11.2. The minimum Gasteiger partial charge on any atom is -0.369 e. The molecule has 3 rings (SSSR count). The van der Waals surface area contributed by atoms with Crippen molar-refractivity contribution in [2.75, 3.05) is 49.5 Å². The van der Waals surface area contributed by atoms with Gasteiger partial charge in [0.25, 0.3) is 0 Å². The van der Waals surface area contributed by atoms with Gasteiger partial charge >= 0.3 is 0 Å². The third kappa shape index (κ3) is 5.31. The lowest BCUT2D eigenvalue weighted by Gasteiger charge is -2.38. The molecule has 0 aromatic heterocycles. The Bertz CT molecular complexity index is 1010. The lowest BCUT2D eigenvalue weighted by atomic mass is 10.2. The number of amides is 1. The highest BCUT2D eigenvalue weighted by Gasteiger charge is 2.27. The minimum absolute atomic E-state index is 0.131. The lowest BCUT2D eigenvalue weighted by molar-refractivity contribution is -0.120. The number of piperazine rings is 1. The molecule has 0 radical (unpaired) electrons. The maximum absolute atomic E-state index is 13.0. The van der Waals surface area contributed by atoms with Crippen molar-refractivity contribution in [2.45, 2.75) is 38.6 Å². The molecule has 7 nitrogen and oxygen atoms in total. The van der Waals surface area contributed by atoms with Crippen molar-refractivity contribution in [1.29, 1.82) is 0 Å². The quantitative estimate of drug-likeness (QED) is 0.658. The van der Waals surface area contributed by atoms with E-state index in [2.05, 4.69) is 27.2 Å². The zero-order valence-corrected chi connectivity index (χ0v) is 20.2. The summed E-state index contributed by atoms with van der Waals surface area (Å²) in [5.74, 6) is -0.131. The number of anilines is 2. The summed E-state index contributed by atoms with van der Waals surface area (Å²) in [6.07, 6.45) is 0. The molecule has 1 N–H and O–H groups in total. The Morgan fingerprint density at radius 3 is 2.25 bits per heavy atom. The predicted octanol–water partition coefficient (Wildman–Crippen LogP) is 3.17. The molecule has 0 spiro atoms. The highest BCUT2D eigenvalue weighted by atomic mass is 32.2. The Morgan fingerprint density at radius 2 is 1.66 bits per heavy atom. The fourth-order valence-corrected chi connectivity index (χ4v) is 5.79. The van der Waals surface area contributed by atoms with Crippen LogP contribution in [-0.2, 0) is 14.8 Å². The fourth-order valence-electron chi connectivity index (χ4n) is 4.08. The van der Waals surface area contributed by atoms with Gasteiger partial charge in [0.2, 0.25) is 15.9 Å². The van der Waals surface area contributed by atoms with Crippen LogP contribution in [0.25, 0.3) is 0 Å². The zero-order valence-electron chi connectivity index (χ0n) is 19.4. The van der Waals surface area contributed by atoms with Gasteiger partial charge in [0, 0.05) is 50.6 Å². The second-order valence-electron chi connectivity index (χ2n) is 8.09. The molecular formula is C24H34N4O3S. The van der Waals surface area contributed by atoms with E-state index in [-0.39, 0.29) is 16.8 Å². The highest BCUT2D eigenvalue weighted by molar-refractivity contribution is 7.89. The van der Waals surface area contributed by atoms with Crippen molar-refractivity contribution in [3.05, 3.63) is 54.1 Å². The zero-order chi connectivity index (χ0) is 23.3. The van der Waals surface area contributed by atoms with E-state index in [0.717, 1.165) is 26.2 Å². The summed E-state index contributed by atoms with van der Waals surface area (Å²) in [6.45, 7) is 11.4. The maximum Gasteiger partial charge on any atom is 0.243 e. The van der Waals surface area contributed by atoms with Crippen LogP contribution in [0.15, 0.2) is 53.4 Å². The third-order valence-electron chi connectivity index (χ3n) is 6.14. The molecule has 174 valence electrons. The number of aryl methyl sites for hydroxylation is 1. The first kappa shape index (κ1) is 24.2. The van der Waals surface area contributed by atoms with Gasteiger partial charge in [-0.05, 0) is 43.7 Å². The van der Waals surface area contributed by atoms with E-state index in [0.29, 0.717) is 24.3 Å². The van der Waals surface area contributed by atoms with Gasteiger partial charge in [-0.1, -0.05) is 38.1 Å². The van der Waals surface area contributed by atoms with Crippen molar-refractivity contribution < 1.29 is 13.2 Å². The molecule has 1 fully saturated rings. The second kappa shape index (κ2) is 10.5. The van der Waals surface area contributed by atoms with E-state index in [9.17, 15) is 13.2 Å². The molecule has 1 aliphatic rings. The summed E-state index contributed by atoms with van der Waals surface area (Å²) in [4.78, 5) is 17.7. The van der Waals surface area contributed by atoms with Crippen molar-refractivity contribution in [1.82, 2.24) is 9.21 Å². The molecule has 1 heterocycles. The van der Waals surface area contributed by atoms with Crippen molar-refractivity contribution in [3.63, 3.8) is 0 Å². The molecule has 2 aromatic rings. The number of sulfonamides is 1. The Balaban J connectivity index is 1.66. The summed E-state index contributed by atoms with van der Waals surface area (Å²) in [6, 6.07) is 15.1. The predicted molar refractivity (Wildman–Crippen MR) is 130 cm³/mol. The molecule has 2 aromatic carbocycles. The molecule has 1 aliphatic heterocycles. The minimum atomic E-state index is -3.60. The van der Waals surface area contributed by atoms with Crippen molar-refractivity contribution in [3.8, 4) is 0 Å². The van der Waals surface area contributed by atoms with E-state index in [4.69, 9.17) is 0 Å². The summed E-state index contributed by atoms with van der Waals surface area (Å²) in [5.41, 5.74) is 2.37. The lowest BCUT2D eigenvalue weighted by Crippen LogP contribution is -2.52. The van der Waals surface area contributed by atoms with Gasteiger partial charge in [0.1, 0.15) is 0 Å². The molecular weight excluding hydrogens is 424 g/mol. The number of hydrogen-bond acceptors (Lipinski definition) is 5. The molecule has 1 atom stereocenters. The van der Waals surface area contributed by atoms with Crippen LogP contribution in [0.4, 0.5) is 11.4 Å². The number of para-hydroxylation sites is 1. The summed E-state index contributed by atoms with van der Waals surface area (Å²) >= 11 is 0. The number of nitrogens with zero attached hydrogens (tertiary/aromatic N) is 3. The van der Waals surface area contributed by atoms with Gasteiger partial charge in [-0.25, -0.2) is 8.42 Å². The van der Waals surface area contributed by atoms with Crippen LogP contribution in [0, 0.1) is 6.92 Å². The molecule has 1 unspecified atom stereocenters. The van der Waals surface area contributed by atoms with Gasteiger partial charge < -0.3 is 10.2 Å². The average molecular weight is 459 g/mol. The standard InChI is InChI=1S/C24H34N4O3S/c1-5-28(6-2)32(30,31)23-18-21(13-12-19(23)3)25-24(29)20(4)26-14-16-27(17-15-26)22-10-8-7-9-11-22/h7-13,18,20H,5-6,14-17H2,1-4H3,(H,25,29). The summed E-state index contributed by atoms with van der Waals surface area (Å²) in [5, 5.41) is 2.92. The van der Waals surface area contributed by atoms with E-state index < -0.39 is 10.0 Å². The van der Waals surface area contributed by atoms with Crippen molar-refractivity contribution >= 4 is 27.3 Å². The molecule has 0 saturated carbocycles. The molecule has 0 bridgehead atoms. The Hall–Kier alpha value is -2.42. The van der Waals surface area contributed by atoms with Crippen LogP contribution in [0.3, 0.4) is 0 Å². The summed E-state index contributed by atoms with van der Waals surface area (Å²) in [7, 11) is -3.60. The topological polar surface area (TPSA) is 73.0 Å². The number of nitrogens with one attached hydrogen (secondary N) is 1.